The lowest BCUT2D eigenvalue weighted by molar-refractivity contribution is -0.0920. The Hall–Kier alpha value is -0.350. The number of hydrogen-bond acceptors (Lipinski definition) is 2. The third-order valence-corrected chi connectivity index (χ3v) is 3.70. The Kier molecular flexibility index (Phi) is 4.56. The minimum Gasteiger partial charge on any atom is -0.381 e. The van der Waals surface area contributed by atoms with Gasteiger partial charge in [-0.25, -0.2) is 0 Å². The van der Waals surface area contributed by atoms with E-state index in [4.69, 9.17) is 17.0 Å². The molecule has 2 unspecified atom stereocenters. The zero-order valence-electron chi connectivity index (χ0n) is 11.0. The van der Waals surface area contributed by atoms with Crippen molar-refractivity contribution in [2.75, 3.05) is 13.7 Å². The number of ether oxygens (including phenoxy) is 1. The number of methoxy groups -OCH3 is 1. The Morgan fingerprint density at radius 2 is 2.12 bits per heavy atom. The van der Waals surface area contributed by atoms with Crippen molar-refractivity contribution in [1.82, 2.24) is 10.6 Å². The van der Waals surface area contributed by atoms with Crippen LogP contribution in [0.25, 0.3) is 0 Å². The number of hydrogen-bond donors (Lipinski definition) is 2. The Balaban J connectivity index is 2.31. The van der Waals surface area contributed by atoms with Gasteiger partial charge in [-0.05, 0) is 24.6 Å². The van der Waals surface area contributed by atoms with Crippen LogP contribution in [0.5, 0.6) is 0 Å². The fraction of sp³-hybridized carbons (Fsp3) is 0.917. The molecule has 0 aromatic carbocycles. The molecular formula is C12H24N2OS. The van der Waals surface area contributed by atoms with Crippen molar-refractivity contribution in [3.8, 4) is 0 Å². The quantitative estimate of drug-likeness (QED) is 0.740. The lowest BCUT2D eigenvalue weighted by Gasteiger charge is -2.51. The van der Waals surface area contributed by atoms with Crippen LogP contribution in [0.3, 0.4) is 0 Å². The van der Waals surface area contributed by atoms with Crippen LogP contribution in [0, 0.1) is 11.3 Å². The molecule has 1 aliphatic rings. The van der Waals surface area contributed by atoms with E-state index in [1.54, 1.807) is 7.11 Å². The Morgan fingerprint density at radius 3 is 2.56 bits per heavy atom. The maximum atomic E-state index is 5.41. The summed E-state index contributed by atoms with van der Waals surface area (Å²) in [6.45, 7) is 9.70. The maximum absolute atomic E-state index is 5.41. The summed E-state index contributed by atoms with van der Waals surface area (Å²) in [5.41, 5.74) is 0.165. The summed E-state index contributed by atoms with van der Waals surface area (Å²) in [5, 5.41) is 7.36. The van der Waals surface area contributed by atoms with E-state index in [-0.39, 0.29) is 5.41 Å². The first kappa shape index (κ1) is 13.7. The molecule has 3 nitrogen and oxygen atoms in total. The number of thiocarbonyl (C=S) groups is 1. The monoisotopic (exact) mass is 244 g/mol. The average molecular weight is 244 g/mol. The lowest BCUT2D eigenvalue weighted by Crippen LogP contribution is -2.63. The predicted octanol–water partition coefficient (Wildman–Crippen LogP) is 1.92. The van der Waals surface area contributed by atoms with E-state index < -0.39 is 0 Å². The van der Waals surface area contributed by atoms with Crippen molar-refractivity contribution in [3.63, 3.8) is 0 Å². The second-order valence-corrected chi connectivity index (χ2v) is 5.99. The minimum atomic E-state index is 0.165. The molecule has 0 aromatic rings. The van der Waals surface area contributed by atoms with E-state index in [0.29, 0.717) is 18.1 Å². The van der Waals surface area contributed by atoms with E-state index >= 15 is 0 Å². The predicted molar refractivity (Wildman–Crippen MR) is 71.6 cm³/mol. The summed E-state index contributed by atoms with van der Waals surface area (Å²) in [5.74, 6) is 0.612. The summed E-state index contributed by atoms with van der Waals surface area (Å²) in [7, 11) is 1.78. The van der Waals surface area contributed by atoms with Crippen molar-refractivity contribution in [2.45, 2.75) is 46.3 Å². The number of rotatable bonds is 4. The molecule has 0 amide bonds. The summed E-state index contributed by atoms with van der Waals surface area (Å²) in [4.78, 5) is 0. The van der Waals surface area contributed by atoms with Gasteiger partial charge in [-0.2, -0.15) is 0 Å². The second kappa shape index (κ2) is 5.32. The highest BCUT2D eigenvalue weighted by atomic mass is 32.1. The largest absolute Gasteiger partial charge is 0.381 e. The Bertz CT molecular complexity index is 253. The van der Waals surface area contributed by atoms with Crippen molar-refractivity contribution < 1.29 is 4.74 Å². The summed E-state index contributed by atoms with van der Waals surface area (Å²) >= 11 is 5.26. The van der Waals surface area contributed by atoms with E-state index in [9.17, 15) is 0 Å². The van der Waals surface area contributed by atoms with Crippen molar-refractivity contribution in [3.05, 3.63) is 0 Å². The molecule has 94 valence electrons. The van der Waals surface area contributed by atoms with E-state index in [0.717, 1.165) is 18.1 Å². The van der Waals surface area contributed by atoms with Gasteiger partial charge in [0.25, 0.3) is 0 Å². The standard InChI is InChI=1S/C12H24N2OS/c1-8(2)7-13-11(16)14-9-6-10(15-5)12(9,3)4/h8-10H,6-7H2,1-5H3,(H2,13,14,16). The molecule has 0 aromatic heterocycles. The first-order chi connectivity index (χ1) is 7.37. The molecule has 4 heteroatoms. The minimum absolute atomic E-state index is 0.165. The molecule has 2 N–H and O–H groups in total. The normalized spacial score (nSPS) is 27.4. The molecule has 1 fully saturated rings. The van der Waals surface area contributed by atoms with Gasteiger partial charge in [-0.1, -0.05) is 27.7 Å². The molecule has 2 atom stereocenters. The van der Waals surface area contributed by atoms with Gasteiger partial charge >= 0.3 is 0 Å². The third-order valence-electron chi connectivity index (χ3n) is 3.44. The van der Waals surface area contributed by atoms with Gasteiger partial charge in [-0.15, -0.1) is 0 Å². The Labute approximate surface area is 104 Å². The molecule has 1 rings (SSSR count). The van der Waals surface area contributed by atoms with Gasteiger partial charge in [0, 0.05) is 25.1 Å². The van der Waals surface area contributed by atoms with Crippen LogP contribution in [-0.4, -0.2) is 30.9 Å². The van der Waals surface area contributed by atoms with Crippen molar-refractivity contribution in [1.29, 1.82) is 0 Å². The summed E-state index contributed by atoms with van der Waals surface area (Å²) < 4.78 is 5.41. The molecule has 0 heterocycles. The first-order valence-electron chi connectivity index (χ1n) is 5.95. The van der Waals surface area contributed by atoms with Gasteiger partial charge < -0.3 is 15.4 Å². The van der Waals surface area contributed by atoms with Gasteiger partial charge in [0.15, 0.2) is 5.11 Å². The van der Waals surface area contributed by atoms with E-state index in [1.165, 1.54) is 0 Å². The SMILES string of the molecule is COC1CC(NC(=S)NCC(C)C)C1(C)C. The van der Waals surface area contributed by atoms with Crippen molar-refractivity contribution >= 4 is 17.3 Å². The second-order valence-electron chi connectivity index (χ2n) is 5.58. The highest BCUT2D eigenvalue weighted by Gasteiger charge is 2.48. The molecule has 0 radical (unpaired) electrons. The van der Waals surface area contributed by atoms with Crippen LogP contribution in [0.1, 0.15) is 34.1 Å². The molecule has 16 heavy (non-hydrogen) atoms. The van der Waals surface area contributed by atoms with E-state index in [2.05, 4.69) is 38.3 Å². The number of nitrogens with one attached hydrogen (secondary N) is 2. The zero-order valence-corrected chi connectivity index (χ0v) is 11.8. The highest BCUT2D eigenvalue weighted by molar-refractivity contribution is 7.80. The molecule has 0 saturated heterocycles. The van der Waals surface area contributed by atoms with Crippen molar-refractivity contribution in [2.24, 2.45) is 11.3 Å². The molecule has 1 saturated carbocycles. The maximum Gasteiger partial charge on any atom is 0.166 e. The lowest BCUT2D eigenvalue weighted by atomic mass is 9.64. The van der Waals surface area contributed by atoms with Crippen LogP contribution < -0.4 is 10.6 Å². The van der Waals surface area contributed by atoms with Crippen LogP contribution in [-0.2, 0) is 4.74 Å². The fourth-order valence-electron chi connectivity index (χ4n) is 2.04. The molecule has 0 bridgehead atoms. The summed E-state index contributed by atoms with van der Waals surface area (Å²) in [6.07, 6.45) is 1.38. The van der Waals surface area contributed by atoms with Gasteiger partial charge in [0.2, 0.25) is 0 Å². The first-order valence-corrected chi connectivity index (χ1v) is 6.36. The van der Waals surface area contributed by atoms with Crippen LogP contribution in [0.15, 0.2) is 0 Å². The van der Waals surface area contributed by atoms with Gasteiger partial charge in [0.1, 0.15) is 0 Å². The summed E-state index contributed by atoms with van der Waals surface area (Å²) in [6, 6.07) is 0.421. The molecular weight excluding hydrogens is 220 g/mol. The van der Waals surface area contributed by atoms with Crippen LogP contribution in [0.4, 0.5) is 0 Å². The Morgan fingerprint density at radius 1 is 1.50 bits per heavy atom. The highest BCUT2D eigenvalue weighted by Crippen LogP contribution is 2.42. The molecule has 0 spiro atoms. The van der Waals surface area contributed by atoms with Crippen LogP contribution in [0.2, 0.25) is 0 Å². The van der Waals surface area contributed by atoms with Gasteiger partial charge in [-0.3, -0.25) is 0 Å². The van der Waals surface area contributed by atoms with E-state index in [1.807, 2.05) is 0 Å². The molecule has 0 aliphatic heterocycles. The van der Waals surface area contributed by atoms with Crippen LogP contribution >= 0.6 is 12.2 Å². The average Bonchev–Trinajstić information content (AvgIpc) is 2.20. The topological polar surface area (TPSA) is 33.3 Å². The zero-order chi connectivity index (χ0) is 12.3. The van der Waals surface area contributed by atoms with Gasteiger partial charge in [0.05, 0.1) is 6.10 Å². The molecule has 1 aliphatic carbocycles. The third kappa shape index (κ3) is 3.08. The fourth-order valence-corrected chi connectivity index (χ4v) is 2.26. The smallest absolute Gasteiger partial charge is 0.166 e.